The molecule has 0 bridgehead atoms. The monoisotopic (exact) mass is 290 g/mol. The Bertz CT molecular complexity index is 889. The second-order valence-electron chi connectivity index (χ2n) is 5.18. The van der Waals surface area contributed by atoms with E-state index in [2.05, 4.69) is 6.07 Å². The van der Waals surface area contributed by atoms with E-state index in [0.717, 1.165) is 16.5 Å². The molecule has 0 saturated heterocycles. The summed E-state index contributed by atoms with van der Waals surface area (Å²) in [7, 11) is 0. The average molecular weight is 290 g/mol. The highest BCUT2D eigenvalue weighted by atomic mass is 16.4. The molecule has 22 heavy (non-hydrogen) atoms. The van der Waals surface area contributed by atoms with Crippen molar-refractivity contribution in [3.8, 4) is 6.07 Å². The first-order valence-electron chi connectivity index (χ1n) is 6.95. The van der Waals surface area contributed by atoms with Crippen LogP contribution in [0.5, 0.6) is 0 Å². The molecule has 0 spiro atoms. The molecule has 0 fully saturated rings. The number of fused-ring (bicyclic) bond motifs is 1. The fraction of sp³-hybridized carbons (Fsp3) is 0.111. The molecule has 1 N–H and O–H groups in total. The number of nitrogens with zero attached hydrogens (tertiary/aromatic N) is 2. The number of rotatable bonds is 3. The van der Waals surface area contributed by atoms with Crippen LogP contribution >= 0.6 is 0 Å². The Hall–Kier alpha value is -3.06. The Morgan fingerprint density at radius 3 is 2.55 bits per heavy atom. The molecule has 1 unspecified atom stereocenters. The standard InChI is InChI=1S/C18H14N2O2/c1-12(14-5-3-2-4-6-14)20-16-9-13(11-19)7-8-15(16)10-17(20)18(21)22/h2-10,12H,1H3,(H,21,22). The lowest BCUT2D eigenvalue weighted by molar-refractivity contribution is 0.0684. The Kier molecular flexibility index (Phi) is 3.40. The number of nitriles is 1. The zero-order chi connectivity index (χ0) is 15.7. The average Bonchev–Trinajstić information content (AvgIpc) is 2.93. The molecule has 1 atom stereocenters. The first kappa shape index (κ1) is 13.9. The topological polar surface area (TPSA) is 66.0 Å². The molecule has 0 aliphatic heterocycles. The number of aromatic nitrogens is 1. The van der Waals surface area contributed by atoms with Gasteiger partial charge in [0.2, 0.25) is 0 Å². The molecule has 0 radical (unpaired) electrons. The highest BCUT2D eigenvalue weighted by molar-refractivity contribution is 5.95. The molecule has 3 rings (SSSR count). The zero-order valence-corrected chi connectivity index (χ0v) is 12.0. The van der Waals surface area contributed by atoms with E-state index >= 15 is 0 Å². The van der Waals surface area contributed by atoms with Gasteiger partial charge in [-0.2, -0.15) is 5.26 Å². The van der Waals surface area contributed by atoms with Crippen LogP contribution < -0.4 is 0 Å². The van der Waals surface area contributed by atoms with Crippen LogP contribution in [0, 0.1) is 11.3 Å². The molecule has 3 aromatic rings. The second kappa shape index (κ2) is 5.38. The van der Waals surface area contributed by atoms with Crippen molar-refractivity contribution >= 4 is 16.9 Å². The third-order valence-electron chi connectivity index (χ3n) is 3.86. The molecule has 4 heteroatoms. The molecule has 1 heterocycles. The van der Waals surface area contributed by atoms with Crippen molar-refractivity contribution in [1.82, 2.24) is 4.57 Å². The molecular weight excluding hydrogens is 276 g/mol. The van der Waals surface area contributed by atoms with Crippen molar-refractivity contribution in [3.63, 3.8) is 0 Å². The fourth-order valence-corrected chi connectivity index (χ4v) is 2.75. The lowest BCUT2D eigenvalue weighted by atomic mass is 10.1. The second-order valence-corrected chi connectivity index (χ2v) is 5.18. The maximum absolute atomic E-state index is 11.6. The van der Waals surface area contributed by atoms with Crippen LogP contribution in [-0.4, -0.2) is 15.6 Å². The molecule has 0 saturated carbocycles. The highest BCUT2D eigenvalue weighted by Gasteiger charge is 2.20. The molecule has 0 aliphatic rings. The van der Waals surface area contributed by atoms with Crippen LogP contribution in [0.25, 0.3) is 10.9 Å². The van der Waals surface area contributed by atoms with Crippen LogP contribution in [0.2, 0.25) is 0 Å². The number of hydrogen-bond donors (Lipinski definition) is 1. The van der Waals surface area contributed by atoms with Gasteiger partial charge in [-0.05, 0) is 30.7 Å². The van der Waals surface area contributed by atoms with E-state index in [1.54, 1.807) is 28.8 Å². The quantitative estimate of drug-likeness (QED) is 0.797. The molecule has 0 amide bonds. The minimum atomic E-state index is -0.975. The molecule has 2 aromatic carbocycles. The van der Waals surface area contributed by atoms with Crippen LogP contribution in [0.15, 0.2) is 54.6 Å². The molecule has 0 aliphatic carbocycles. The molecule has 108 valence electrons. The van der Waals surface area contributed by atoms with Gasteiger partial charge in [-0.1, -0.05) is 36.4 Å². The van der Waals surface area contributed by atoms with E-state index in [4.69, 9.17) is 5.26 Å². The number of benzene rings is 2. The van der Waals surface area contributed by atoms with Gasteiger partial charge >= 0.3 is 5.97 Å². The Morgan fingerprint density at radius 2 is 1.91 bits per heavy atom. The van der Waals surface area contributed by atoms with Crippen LogP contribution in [0.1, 0.15) is 34.6 Å². The number of aromatic carboxylic acids is 1. The predicted octanol–water partition coefficient (Wildman–Crippen LogP) is 3.82. The van der Waals surface area contributed by atoms with E-state index in [1.807, 2.05) is 37.3 Å². The lowest BCUT2D eigenvalue weighted by Crippen LogP contribution is -2.13. The number of carboxylic acid groups (broad SMARTS) is 1. The maximum atomic E-state index is 11.6. The summed E-state index contributed by atoms with van der Waals surface area (Å²) in [5.41, 5.74) is 2.52. The minimum Gasteiger partial charge on any atom is -0.477 e. The van der Waals surface area contributed by atoms with Crippen molar-refractivity contribution < 1.29 is 9.90 Å². The van der Waals surface area contributed by atoms with E-state index < -0.39 is 5.97 Å². The fourth-order valence-electron chi connectivity index (χ4n) is 2.75. The first-order valence-corrected chi connectivity index (χ1v) is 6.95. The summed E-state index contributed by atoms with van der Waals surface area (Å²) in [6.07, 6.45) is 0. The van der Waals surface area contributed by atoms with Crippen LogP contribution in [-0.2, 0) is 0 Å². The lowest BCUT2D eigenvalue weighted by Gasteiger charge is -2.18. The van der Waals surface area contributed by atoms with Gasteiger partial charge in [0, 0.05) is 5.39 Å². The van der Waals surface area contributed by atoms with Crippen molar-refractivity contribution in [2.45, 2.75) is 13.0 Å². The number of hydrogen-bond acceptors (Lipinski definition) is 2. The predicted molar refractivity (Wildman–Crippen MR) is 83.9 cm³/mol. The smallest absolute Gasteiger partial charge is 0.352 e. The summed E-state index contributed by atoms with van der Waals surface area (Å²) in [6, 6.07) is 18.6. The van der Waals surface area contributed by atoms with Gasteiger partial charge in [-0.15, -0.1) is 0 Å². The summed E-state index contributed by atoms with van der Waals surface area (Å²) in [5, 5.41) is 19.4. The Balaban J connectivity index is 2.28. The van der Waals surface area contributed by atoms with E-state index in [9.17, 15) is 9.90 Å². The van der Waals surface area contributed by atoms with Gasteiger partial charge in [-0.25, -0.2) is 4.79 Å². The zero-order valence-electron chi connectivity index (χ0n) is 12.0. The third-order valence-corrected chi connectivity index (χ3v) is 3.86. The number of carbonyl (C=O) groups is 1. The maximum Gasteiger partial charge on any atom is 0.352 e. The summed E-state index contributed by atoms with van der Waals surface area (Å²) in [5.74, 6) is -0.975. The van der Waals surface area contributed by atoms with Gasteiger partial charge in [-0.3, -0.25) is 0 Å². The first-order chi connectivity index (χ1) is 10.6. The van der Waals surface area contributed by atoms with E-state index in [1.165, 1.54) is 0 Å². The van der Waals surface area contributed by atoms with Crippen LogP contribution in [0.4, 0.5) is 0 Å². The Labute approximate surface area is 127 Å². The van der Waals surface area contributed by atoms with Crippen molar-refractivity contribution in [1.29, 1.82) is 5.26 Å². The number of carboxylic acids is 1. The van der Waals surface area contributed by atoms with Gasteiger partial charge in [0.15, 0.2) is 0 Å². The van der Waals surface area contributed by atoms with Gasteiger partial charge in [0.25, 0.3) is 0 Å². The Morgan fingerprint density at radius 1 is 1.18 bits per heavy atom. The van der Waals surface area contributed by atoms with E-state index in [-0.39, 0.29) is 11.7 Å². The largest absolute Gasteiger partial charge is 0.477 e. The van der Waals surface area contributed by atoms with Crippen LogP contribution in [0.3, 0.4) is 0 Å². The van der Waals surface area contributed by atoms with Crippen molar-refractivity contribution in [2.75, 3.05) is 0 Å². The molecular formula is C18H14N2O2. The molecule has 1 aromatic heterocycles. The van der Waals surface area contributed by atoms with E-state index in [0.29, 0.717) is 5.56 Å². The summed E-state index contributed by atoms with van der Waals surface area (Å²) >= 11 is 0. The normalized spacial score (nSPS) is 12.0. The SMILES string of the molecule is CC(c1ccccc1)n1c(C(=O)O)cc2ccc(C#N)cc21. The highest BCUT2D eigenvalue weighted by Crippen LogP contribution is 2.29. The van der Waals surface area contributed by atoms with Gasteiger partial charge in [0.05, 0.1) is 23.2 Å². The van der Waals surface area contributed by atoms with Gasteiger partial charge in [0.1, 0.15) is 5.69 Å². The van der Waals surface area contributed by atoms with Crippen molar-refractivity contribution in [3.05, 3.63) is 71.4 Å². The summed E-state index contributed by atoms with van der Waals surface area (Å²) < 4.78 is 1.77. The summed E-state index contributed by atoms with van der Waals surface area (Å²) in [4.78, 5) is 11.6. The van der Waals surface area contributed by atoms with Crippen molar-refractivity contribution in [2.24, 2.45) is 0 Å². The molecule has 4 nitrogen and oxygen atoms in total. The minimum absolute atomic E-state index is 0.140. The third kappa shape index (κ3) is 2.23. The van der Waals surface area contributed by atoms with Gasteiger partial charge < -0.3 is 9.67 Å². The summed E-state index contributed by atoms with van der Waals surface area (Å²) in [6.45, 7) is 1.96.